The molecule has 0 aliphatic carbocycles. The van der Waals surface area contributed by atoms with Gasteiger partial charge in [-0.3, -0.25) is 9.78 Å². The number of aryl methyl sites for hydroxylation is 1. The second-order valence-corrected chi connectivity index (χ2v) is 9.82. The minimum absolute atomic E-state index is 0.0400. The molecule has 156 valence electrons. The molecule has 29 heavy (non-hydrogen) atoms. The predicted octanol–water partition coefficient (Wildman–Crippen LogP) is 3.44. The lowest BCUT2D eigenvalue weighted by Gasteiger charge is -2.32. The van der Waals surface area contributed by atoms with E-state index >= 15 is 0 Å². The number of carbonyl (C=O) groups excluding carboxylic acids is 1. The molecule has 0 bridgehead atoms. The molecule has 0 atom stereocenters. The summed E-state index contributed by atoms with van der Waals surface area (Å²) in [6.45, 7) is 6.72. The Kier molecular flexibility index (Phi) is 6.39. The van der Waals surface area contributed by atoms with Gasteiger partial charge in [0.05, 0.1) is 16.2 Å². The standard InChI is InChI=1S/C22H29N3O3S/c1-16(2)24(4)22(26)20-11-10-17(3)23-21(20)18-12-14-25(15-13-18)29(27,28)19-8-6-5-7-9-19/h5-11,16,18H,12-15H2,1-4H3. The van der Waals surface area contributed by atoms with E-state index in [1.807, 2.05) is 32.9 Å². The Morgan fingerprint density at radius 3 is 2.31 bits per heavy atom. The molecule has 0 unspecified atom stereocenters. The molecule has 7 heteroatoms. The van der Waals surface area contributed by atoms with Crippen molar-refractivity contribution in [3.05, 3.63) is 59.4 Å². The van der Waals surface area contributed by atoms with Crippen molar-refractivity contribution < 1.29 is 13.2 Å². The predicted molar refractivity (Wildman–Crippen MR) is 113 cm³/mol. The van der Waals surface area contributed by atoms with E-state index in [1.165, 1.54) is 4.31 Å². The van der Waals surface area contributed by atoms with Gasteiger partial charge in [0, 0.05) is 37.8 Å². The third-order valence-corrected chi connectivity index (χ3v) is 7.52. The number of hydrogen-bond acceptors (Lipinski definition) is 4. The Morgan fingerprint density at radius 2 is 1.72 bits per heavy atom. The summed E-state index contributed by atoms with van der Waals surface area (Å²) in [6.07, 6.45) is 1.29. The Balaban J connectivity index is 1.81. The first-order chi connectivity index (χ1) is 13.7. The number of pyridine rings is 1. The fourth-order valence-electron chi connectivity index (χ4n) is 3.60. The van der Waals surface area contributed by atoms with Crippen molar-refractivity contribution in [2.24, 2.45) is 0 Å². The van der Waals surface area contributed by atoms with Gasteiger partial charge in [0.15, 0.2) is 0 Å². The van der Waals surface area contributed by atoms with E-state index in [0.29, 0.717) is 36.4 Å². The second kappa shape index (κ2) is 8.63. The van der Waals surface area contributed by atoms with Crippen LogP contribution in [0.1, 0.15) is 54.4 Å². The molecular formula is C22H29N3O3S. The molecule has 0 radical (unpaired) electrons. The van der Waals surface area contributed by atoms with Gasteiger partial charge in [0.25, 0.3) is 5.91 Å². The van der Waals surface area contributed by atoms with Crippen LogP contribution in [0.15, 0.2) is 47.4 Å². The number of sulfonamides is 1. The molecule has 1 amide bonds. The largest absolute Gasteiger partial charge is 0.339 e. The first-order valence-corrected chi connectivity index (χ1v) is 11.5. The molecule has 0 saturated carbocycles. The number of piperidine rings is 1. The zero-order valence-electron chi connectivity index (χ0n) is 17.5. The number of carbonyl (C=O) groups is 1. The van der Waals surface area contributed by atoms with E-state index in [2.05, 4.69) is 4.98 Å². The van der Waals surface area contributed by atoms with Crippen molar-refractivity contribution >= 4 is 15.9 Å². The van der Waals surface area contributed by atoms with Gasteiger partial charge in [0.2, 0.25) is 10.0 Å². The SMILES string of the molecule is Cc1ccc(C(=O)N(C)C(C)C)c(C2CCN(S(=O)(=O)c3ccccc3)CC2)n1. The van der Waals surface area contributed by atoms with Crippen LogP contribution < -0.4 is 0 Å². The summed E-state index contributed by atoms with van der Waals surface area (Å²) in [5, 5.41) is 0. The van der Waals surface area contributed by atoms with E-state index in [4.69, 9.17) is 0 Å². The van der Waals surface area contributed by atoms with Gasteiger partial charge in [-0.1, -0.05) is 18.2 Å². The Labute approximate surface area is 173 Å². The topological polar surface area (TPSA) is 70.6 Å². The third-order valence-electron chi connectivity index (χ3n) is 5.61. The Bertz CT molecular complexity index is 966. The molecule has 1 fully saturated rings. The maximum atomic E-state index is 12.9. The lowest BCUT2D eigenvalue weighted by Crippen LogP contribution is -2.39. The molecule has 1 aliphatic heterocycles. The number of amides is 1. The van der Waals surface area contributed by atoms with Crippen molar-refractivity contribution in [2.75, 3.05) is 20.1 Å². The van der Waals surface area contributed by atoms with Gasteiger partial charge in [-0.2, -0.15) is 4.31 Å². The minimum atomic E-state index is -3.49. The second-order valence-electron chi connectivity index (χ2n) is 7.89. The molecule has 1 aromatic carbocycles. The molecule has 1 aliphatic rings. The molecule has 1 aromatic heterocycles. The van der Waals surface area contributed by atoms with Crippen molar-refractivity contribution in [2.45, 2.75) is 50.5 Å². The summed E-state index contributed by atoms with van der Waals surface area (Å²) >= 11 is 0. The van der Waals surface area contributed by atoms with Gasteiger partial charge in [-0.25, -0.2) is 8.42 Å². The summed E-state index contributed by atoms with van der Waals surface area (Å²) < 4.78 is 27.3. The third kappa shape index (κ3) is 4.51. The van der Waals surface area contributed by atoms with E-state index in [1.54, 1.807) is 42.3 Å². The summed E-state index contributed by atoms with van der Waals surface area (Å²) in [5.41, 5.74) is 2.28. The summed E-state index contributed by atoms with van der Waals surface area (Å²) in [4.78, 5) is 19.7. The molecule has 0 N–H and O–H groups in total. The quantitative estimate of drug-likeness (QED) is 0.750. The first kappa shape index (κ1) is 21.5. The van der Waals surface area contributed by atoms with Crippen LogP contribution in [0.2, 0.25) is 0 Å². The van der Waals surface area contributed by atoms with Crippen LogP contribution in [-0.2, 0) is 10.0 Å². The monoisotopic (exact) mass is 415 g/mol. The van der Waals surface area contributed by atoms with E-state index < -0.39 is 10.0 Å². The van der Waals surface area contributed by atoms with Gasteiger partial charge < -0.3 is 4.90 Å². The van der Waals surface area contributed by atoms with E-state index in [9.17, 15) is 13.2 Å². The van der Waals surface area contributed by atoms with Gasteiger partial charge in [-0.15, -0.1) is 0 Å². The van der Waals surface area contributed by atoms with Crippen molar-refractivity contribution in [1.82, 2.24) is 14.2 Å². The average Bonchev–Trinajstić information content (AvgIpc) is 2.73. The van der Waals surface area contributed by atoms with Crippen LogP contribution in [0, 0.1) is 6.92 Å². The number of rotatable bonds is 5. The maximum absolute atomic E-state index is 12.9. The lowest BCUT2D eigenvalue weighted by atomic mass is 9.90. The fourth-order valence-corrected chi connectivity index (χ4v) is 5.10. The summed E-state index contributed by atoms with van der Waals surface area (Å²) in [7, 11) is -1.69. The highest BCUT2D eigenvalue weighted by atomic mass is 32.2. The van der Waals surface area contributed by atoms with Crippen LogP contribution in [0.3, 0.4) is 0 Å². The molecule has 3 rings (SSSR count). The van der Waals surface area contributed by atoms with Crippen molar-refractivity contribution in [3.8, 4) is 0 Å². The highest BCUT2D eigenvalue weighted by Crippen LogP contribution is 2.32. The zero-order chi connectivity index (χ0) is 21.2. The normalized spacial score (nSPS) is 16.2. The number of benzene rings is 1. The Hall–Kier alpha value is -2.25. The maximum Gasteiger partial charge on any atom is 0.255 e. The molecule has 0 spiro atoms. The Morgan fingerprint density at radius 1 is 1.10 bits per heavy atom. The van der Waals surface area contributed by atoms with Crippen molar-refractivity contribution in [3.63, 3.8) is 0 Å². The number of nitrogens with zero attached hydrogens (tertiary/aromatic N) is 3. The molecule has 2 heterocycles. The van der Waals surface area contributed by atoms with Crippen LogP contribution in [0.25, 0.3) is 0 Å². The fraction of sp³-hybridized carbons (Fsp3) is 0.455. The molecule has 2 aromatic rings. The van der Waals surface area contributed by atoms with Crippen molar-refractivity contribution in [1.29, 1.82) is 0 Å². The molecule has 6 nitrogen and oxygen atoms in total. The highest BCUT2D eigenvalue weighted by Gasteiger charge is 2.32. The van der Waals surface area contributed by atoms with Crippen LogP contribution in [0.5, 0.6) is 0 Å². The highest BCUT2D eigenvalue weighted by molar-refractivity contribution is 7.89. The van der Waals surface area contributed by atoms with E-state index in [-0.39, 0.29) is 17.9 Å². The summed E-state index contributed by atoms with van der Waals surface area (Å²) in [6, 6.07) is 12.3. The van der Waals surface area contributed by atoms with Gasteiger partial charge in [0.1, 0.15) is 0 Å². The van der Waals surface area contributed by atoms with Crippen LogP contribution >= 0.6 is 0 Å². The first-order valence-electron chi connectivity index (χ1n) is 10.0. The summed E-state index contributed by atoms with van der Waals surface area (Å²) in [5.74, 6) is 0.0264. The van der Waals surface area contributed by atoms with Gasteiger partial charge in [-0.05, 0) is 57.9 Å². The number of aromatic nitrogens is 1. The number of hydrogen-bond donors (Lipinski definition) is 0. The van der Waals surface area contributed by atoms with Gasteiger partial charge >= 0.3 is 0 Å². The molecule has 1 saturated heterocycles. The average molecular weight is 416 g/mol. The molecular weight excluding hydrogens is 386 g/mol. The smallest absolute Gasteiger partial charge is 0.255 e. The minimum Gasteiger partial charge on any atom is -0.339 e. The van der Waals surface area contributed by atoms with Crippen LogP contribution in [-0.4, -0.2) is 54.7 Å². The van der Waals surface area contributed by atoms with Crippen LogP contribution in [0.4, 0.5) is 0 Å². The lowest BCUT2D eigenvalue weighted by molar-refractivity contribution is 0.0752. The van der Waals surface area contributed by atoms with E-state index in [0.717, 1.165) is 11.4 Å². The zero-order valence-corrected chi connectivity index (χ0v) is 18.3.